The smallest absolute Gasteiger partial charge is 0.256 e. The van der Waals surface area contributed by atoms with Gasteiger partial charge in [-0.2, -0.15) is 0 Å². The lowest BCUT2D eigenvalue weighted by molar-refractivity contribution is 0.0615. The van der Waals surface area contributed by atoms with Crippen molar-refractivity contribution in [3.05, 3.63) is 35.4 Å². The summed E-state index contributed by atoms with van der Waals surface area (Å²) in [5, 5.41) is 0. The largest absolute Gasteiger partial charge is 0.338 e. The van der Waals surface area contributed by atoms with Gasteiger partial charge in [0.25, 0.3) is 5.91 Å². The fourth-order valence-electron chi connectivity index (χ4n) is 2.98. The van der Waals surface area contributed by atoms with Gasteiger partial charge < -0.3 is 10.6 Å². The predicted molar refractivity (Wildman–Crippen MR) is 73.3 cm³/mol. The number of hydrogen-bond donors (Lipinski definition) is 1. The Morgan fingerprint density at radius 2 is 2.05 bits per heavy atom. The Bertz CT molecular complexity index is 493. The van der Waals surface area contributed by atoms with Crippen LogP contribution in [0, 0.1) is 17.6 Å². The summed E-state index contributed by atoms with van der Waals surface area (Å²) in [4.78, 5) is 13.9. The Morgan fingerprint density at radius 1 is 1.35 bits per heavy atom. The second-order valence-corrected chi connectivity index (χ2v) is 5.39. The van der Waals surface area contributed by atoms with E-state index in [0.717, 1.165) is 37.8 Å². The Balaban J connectivity index is 2.18. The summed E-state index contributed by atoms with van der Waals surface area (Å²) in [6.45, 7) is 0.522. The third-order valence-electron chi connectivity index (χ3n) is 4.15. The second kappa shape index (κ2) is 6.31. The lowest BCUT2D eigenvalue weighted by Crippen LogP contribution is -2.46. The van der Waals surface area contributed by atoms with Crippen LogP contribution >= 0.6 is 0 Å². The SMILES string of the molecule is CN(C(=O)c1ccc(F)cc1F)C1CCCCC1CN. The van der Waals surface area contributed by atoms with Crippen LogP contribution in [0.15, 0.2) is 18.2 Å². The molecule has 1 aromatic rings. The number of carbonyl (C=O) groups is 1. The molecule has 0 radical (unpaired) electrons. The number of hydrogen-bond acceptors (Lipinski definition) is 2. The number of amides is 1. The maximum Gasteiger partial charge on any atom is 0.256 e. The van der Waals surface area contributed by atoms with E-state index >= 15 is 0 Å². The molecule has 0 heterocycles. The molecule has 2 rings (SSSR count). The third kappa shape index (κ3) is 2.98. The maximum absolute atomic E-state index is 13.7. The Kier molecular flexibility index (Phi) is 4.70. The van der Waals surface area contributed by atoms with Gasteiger partial charge in [-0.15, -0.1) is 0 Å². The molecule has 1 saturated carbocycles. The van der Waals surface area contributed by atoms with E-state index in [2.05, 4.69) is 0 Å². The molecule has 1 amide bonds. The average molecular weight is 282 g/mol. The average Bonchev–Trinajstić information content (AvgIpc) is 2.45. The van der Waals surface area contributed by atoms with Crippen molar-refractivity contribution in [2.24, 2.45) is 11.7 Å². The van der Waals surface area contributed by atoms with E-state index in [9.17, 15) is 13.6 Å². The molecule has 1 fully saturated rings. The number of nitrogens with two attached hydrogens (primary N) is 1. The number of halogens is 2. The Morgan fingerprint density at radius 3 is 2.70 bits per heavy atom. The summed E-state index contributed by atoms with van der Waals surface area (Å²) < 4.78 is 26.6. The van der Waals surface area contributed by atoms with Crippen molar-refractivity contribution in [1.29, 1.82) is 0 Å². The molecule has 2 unspecified atom stereocenters. The zero-order valence-corrected chi connectivity index (χ0v) is 11.6. The highest BCUT2D eigenvalue weighted by Gasteiger charge is 2.31. The molecule has 1 aromatic carbocycles. The van der Waals surface area contributed by atoms with Crippen LogP contribution in [0.25, 0.3) is 0 Å². The van der Waals surface area contributed by atoms with Gasteiger partial charge in [0.2, 0.25) is 0 Å². The summed E-state index contributed by atoms with van der Waals surface area (Å²) in [5.74, 6) is -1.66. The maximum atomic E-state index is 13.7. The van der Waals surface area contributed by atoms with E-state index in [1.807, 2.05) is 0 Å². The molecule has 0 bridgehead atoms. The molecular formula is C15H20F2N2O. The molecule has 110 valence electrons. The minimum Gasteiger partial charge on any atom is -0.338 e. The van der Waals surface area contributed by atoms with Gasteiger partial charge in [-0.05, 0) is 37.4 Å². The van der Waals surface area contributed by atoms with Crippen LogP contribution in [0.5, 0.6) is 0 Å². The quantitative estimate of drug-likeness (QED) is 0.926. The monoisotopic (exact) mass is 282 g/mol. The first-order valence-corrected chi connectivity index (χ1v) is 6.97. The highest BCUT2D eigenvalue weighted by Crippen LogP contribution is 2.28. The summed E-state index contributed by atoms with van der Waals surface area (Å²) in [5.41, 5.74) is 5.67. The topological polar surface area (TPSA) is 46.3 Å². The number of carbonyl (C=O) groups excluding carboxylic acids is 1. The van der Waals surface area contributed by atoms with Crippen LogP contribution in [-0.2, 0) is 0 Å². The predicted octanol–water partition coefficient (Wildman–Crippen LogP) is 2.55. The highest BCUT2D eigenvalue weighted by atomic mass is 19.1. The first kappa shape index (κ1) is 14.9. The van der Waals surface area contributed by atoms with Crippen molar-refractivity contribution in [3.8, 4) is 0 Å². The fourth-order valence-corrected chi connectivity index (χ4v) is 2.98. The van der Waals surface area contributed by atoms with Crippen molar-refractivity contribution < 1.29 is 13.6 Å². The standard InChI is InChI=1S/C15H20F2N2O/c1-19(14-5-3-2-4-10(14)9-18)15(20)12-7-6-11(16)8-13(12)17/h6-8,10,14H,2-5,9,18H2,1H3. The van der Waals surface area contributed by atoms with Crippen LogP contribution in [0.1, 0.15) is 36.0 Å². The molecule has 2 atom stereocenters. The van der Waals surface area contributed by atoms with Gasteiger partial charge >= 0.3 is 0 Å². The first-order valence-electron chi connectivity index (χ1n) is 6.97. The number of benzene rings is 1. The van der Waals surface area contributed by atoms with Crippen LogP contribution in [0.3, 0.4) is 0 Å². The summed E-state index contributed by atoms with van der Waals surface area (Å²) in [7, 11) is 1.67. The molecule has 3 nitrogen and oxygen atoms in total. The molecule has 0 aromatic heterocycles. The molecular weight excluding hydrogens is 262 g/mol. The Hall–Kier alpha value is -1.49. The number of rotatable bonds is 3. The minimum absolute atomic E-state index is 0.0331. The molecule has 0 aliphatic heterocycles. The van der Waals surface area contributed by atoms with Crippen molar-refractivity contribution in [1.82, 2.24) is 4.90 Å². The minimum atomic E-state index is -0.818. The van der Waals surface area contributed by atoms with Crippen molar-refractivity contribution in [3.63, 3.8) is 0 Å². The zero-order chi connectivity index (χ0) is 14.7. The molecule has 20 heavy (non-hydrogen) atoms. The van der Waals surface area contributed by atoms with Crippen LogP contribution in [-0.4, -0.2) is 30.4 Å². The van der Waals surface area contributed by atoms with Crippen LogP contribution in [0.4, 0.5) is 8.78 Å². The normalized spacial score (nSPS) is 22.6. The third-order valence-corrected chi connectivity index (χ3v) is 4.15. The second-order valence-electron chi connectivity index (χ2n) is 5.39. The molecule has 0 spiro atoms. The lowest BCUT2D eigenvalue weighted by Gasteiger charge is -2.37. The van der Waals surface area contributed by atoms with Crippen molar-refractivity contribution in [2.75, 3.05) is 13.6 Å². The zero-order valence-electron chi connectivity index (χ0n) is 11.6. The summed E-state index contributed by atoms with van der Waals surface area (Å²) in [6.07, 6.45) is 4.04. The molecule has 5 heteroatoms. The van der Waals surface area contributed by atoms with E-state index in [1.54, 1.807) is 11.9 Å². The van der Waals surface area contributed by atoms with E-state index in [0.29, 0.717) is 6.54 Å². The lowest BCUT2D eigenvalue weighted by atomic mass is 9.83. The summed E-state index contributed by atoms with van der Waals surface area (Å²) >= 11 is 0. The summed E-state index contributed by atoms with van der Waals surface area (Å²) in [6, 6.07) is 3.07. The van der Waals surface area contributed by atoms with Gasteiger partial charge in [-0.3, -0.25) is 4.79 Å². The van der Waals surface area contributed by atoms with Gasteiger partial charge in [0.1, 0.15) is 11.6 Å². The van der Waals surface area contributed by atoms with E-state index < -0.39 is 17.5 Å². The van der Waals surface area contributed by atoms with Crippen molar-refractivity contribution in [2.45, 2.75) is 31.7 Å². The van der Waals surface area contributed by atoms with E-state index in [1.165, 1.54) is 6.07 Å². The van der Waals surface area contributed by atoms with Crippen LogP contribution < -0.4 is 5.73 Å². The molecule has 0 saturated heterocycles. The van der Waals surface area contributed by atoms with Gasteiger partial charge in [-0.1, -0.05) is 12.8 Å². The number of nitrogens with zero attached hydrogens (tertiary/aromatic N) is 1. The van der Waals surface area contributed by atoms with Crippen LogP contribution in [0.2, 0.25) is 0 Å². The van der Waals surface area contributed by atoms with Gasteiger partial charge in [0, 0.05) is 19.2 Å². The molecule has 1 aliphatic rings. The molecule has 1 aliphatic carbocycles. The first-order chi connectivity index (χ1) is 9.54. The fraction of sp³-hybridized carbons (Fsp3) is 0.533. The van der Waals surface area contributed by atoms with Gasteiger partial charge in [-0.25, -0.2) is 8.78 Å². The molecule has 2 N–H and O–H groups in total. The van der Waals surface area contributed by atoms with E-state index in [-0.39, 0.29) is 17.5 Å². The van der Waals surface area contributed by atoms with E-state index in [4.69, 9.17) is 5.73 Å². The van der Waals surface area contributed by atoms with Gasteiger partial charge in [0.15, 0.2) is 0 Å². The van der Waals surface area contributed by atoms with Gasteiger partial charge in [0.05, 0.1) is 5.56 Å². The van der Waals surface area contributed by atoms with Crippen molar-refractivity contribution >= 4 is 5.91 Å². The Labute approximate surface area is 117 Å². The highest BCUT2D eigenvalue weighted by molar-refractivity contribution is 5.94.